The minimum Gasteiger partial charge on any atom is -0.295 e. The minimum absolute atomic E-state index is 0.0997. The first-order chi connectivity index (χ1) is 8.43. The number of nitrogens with zero attached hydrogens (tertiary/aromatic N) is 1. The molecule has 1 aromatic rings. The van der Waals surface area contributed by atoms with Crippen LogP contribution in [0.15, 0.2) is 35.4 Å². The summed E-state index contributed by atoms with van der Waals surface area (Å²) in [6.45, 7) is 4.70. The molecule has 0 aliphatic carbocycles. The van der Waals surface area contributed by atoms with Gasteiger partial charge in [0.2, 0.25) is 0 Å². The van der Waals surface area contributed by atoms with Gasteiger partial charge >= 0.3 is 0 Å². The Labute approximate surface area is 105 Å². The molecule has 92 valence electrons. The van der Waals surface area contributed by atoms with Crippen LogP contribution in [0.5, 0.6) is 0 Å². The van der Waals surface area contributed by atoms with Crippen molar-refractivity contribution in [1.82, 2.24) is 0 Å². The van der Waals surface area contributed by atoms with Crippen molar-refractivity contribution in [2.45, 2.75) is 20.8 Å². The summed E-state index contributed by atoms with van der Waals surface area (Å²) in [5.74, 6) is -0.742. The molecule has 0 saturated heterocycles. The lowest BCUT2D eigenvalue weighted by Gasteiger charge is -2.15. The number of hydrogen-bond donors (Lipinski definition) is 0. The van der Waals surface area contributed by atoms with Crippen LogP contribution in [0.1, 0.15) is 31.1 Å². The van der Waals surface area contributed by atoms with E-state index in [-0.39, 0.29) is 17.6 Å². The Balaban J connectivity index is 2.46. The van der Waals surface area contributed by atoms with Gasteiger partial charge in [0.05, 0.1) is 5.69 Å². The molecular weight excluding hydrogens is 230 g/mol. The van der Waals surface area contributed by atoms with Gasteiger partial charge in [0, 0.05) is 16.7 Å². The van der Waals surface area contributed by atoms with Gasteiger partial charge in [-0.15, -0.1) is 0 Å². The first kappa shape index (κ1) is 12.2. The molecule has 2 rings (SSSR count). The Morgan fingerprint density at radius 1 is 1.06 bits per heavy atom. The Morgan fingerprint density at radius 3 is 2.11 bits per heavy atom. The molecule has 1 aromatic carbocycles. The molecular formula is C14H13NO3. The summed E-state index contributed by atoms with van der Waals surface area (Å²) in [5.41, 5.74) is 1.82. The second-order valence-corrected chi connectivity index (χ2v) is 4.30. The van der Waals surface area contributed by atoms with Crippen molar-refractivity contribution >= 4 is 23.3 Å². The highest BCUT2D eigenvalue weighted by Crippen LogP contribution is 2.27. The van der Waals surface area contributed by atoms with Crippen LogP contribution in [-0.4, -0.2) is 17.6 Å². The van der Waals surface area contributed by atoms with E-state index in [1.165, 1.54) is 6.92 Å². The summed E-state index contributed by atoms with van der Waals surface area (Å²) < 4.78 is 0. The summed E-state index contributed by atoms with van der Waals surface area (Å²) in [7, 11) is 0. The molecule has 0 radical (unpaired) electrons. The zero-order valence-electron chi connectivity index (χ0n) is 10.5. The summed E-state index contributed by atoms with van der Waals surface area (Å²) in [5, 5.41) is 0. The van der Waals surface area contributed by atoms with E-state index in [0.29, 0.717) is 22.4 Å². The molecule has 1 heterocycles. The fourth-order valence-electron chi connectivity index (χ4n) is 1.85. The van der Waals surface area contributed by atoms with Crippen LogP contribution in [0.2, 0.25) is 0 Å². The van der Waals surface area contributed by atoms with Crippen molar-refractivity contribution in [3.05, 3.63) is 41.0 Å². The molecule has 0 saturated carbocycles. The monoisotopic (exact) mass is 243 g/mol. The van der Waals surface area contributed by atoms with Gasteiger partial charge in [-0.1, -0.05) is 12.1 Å². The standard InChI is InChI=1S/C14H13NO3/c1-8-9(2)14(18)15(13(8)17)12-6-4-5-11(7-12)10(3)16/h4-7H,1-3H3. The topological polar surface area (TPSA) is 54.5 Å². The van der Waals surface area contributed by atoms with Crippen LogP contribution < -0.4 is 4.90 Å². The number of benzene rings is 1. The van der Waals surface area contributed by atoms with Crippen LogP contribution in [0.4, 0.5) is 5.69 Å². The van der Waals surface area contributed by atoms with Gasteiger partial charge in [-0.2, -0.15) is 0 Å². The summed E-state index contributed by atoms with van der Waals surface area (Å²) in [6.07, 6.45) is 0. The first-order valence-electron chi connectivity index (χ1n) is 5.60. The van der Waals surface area contributed by atoms with Gasteiger partial charge in [0.1, 0.15) is 0 Å². The summed E-state index contributed by atoms with van der Waals surface area (Å²) >= 11 is 0. The zero-order valence-corrected chi connectivity index (χ0v) is 10.5. The summed E-state index contributed by atoms with van der Waals surface area (Å²) in [4.78, 5) is 36.4. The molecule has 0 unspecified atom stereocenters. The molecule has 1 aliphatic heterocycles. The van der Waals surface area contributed by atoms with Gasteiger partial charge in [-0.25, -0.2) is 4.90 Å². The fourth-order valence-corrected chi connectivity index (χ4v) is 1.85. The molecule has 0 N–H and O–H groups in total. The van der Waals surface area contributed by atoms with Gasteiger partial charge in [-0.3, -0.25) is 14.4 Å². The molecule has 0 fully saturated rings. The third-order valence-corrected chi connectivity index (χ3v) is 3.12. The number of rotatable bonds is 2. The Bertz CT molecular complexity index is 575. The van der Waals surface area contributed by atoms with Crippen LogP contribution >= 0.6 is 0 Å². The SMILES string of the molecule is CC(=O)c1cccc(N2C(=O)C(C)=C(C)C2=O)c1. The molecule has 2 amide bonds. The predicted octanol–water partition coefficient (Wildman–Crippen LogP) is 2.10. The molecule has 0 spiro atoms. The largest absolute Gasteiger partial charge is 0.295 e. The van der Waals surface area contributed by atoms with E-state index in [9.17, 15) is 14.4 Å². The summed E-state index contributed by atoms with van der Waals surface area (Å²) in [6, 6.07) is 6.53. The van der Waals surface area contributed by atoms with Gasteiger partial charge in [0.25, 0.3) is 11.8 Å². The maximum absolute atomic E-state index is 12.0. The van der Waals surface area contributed by atoms with E-state index >= 15 is 0 Å². The molecule has 0 aromatic heterocycles. The molecule has 0 bridgehead atoms. The Morgan fingerprint density at radius 2 is 1.61 bits per heavy atom. The van der Waals surface area contributed by atoms with Crippen molar-refractivity contribution in [2.75, 3.05) is 4.90 Å². The highest BCUT2D eigenvalue weighted by Gasteiger charge is 2.34. The zero-order chi connectivity index (χ0) is 13.4. The lowest BCUT2D eigenvalue weighted by molar-refractivity contribution is -0.120. The average Bonchev–Trinajstić information content (AvgIpc) is 2.54. The van der Waals surface area contributed by atoms with E-state index in [4.69, 9.17) is 0 Å². The lowest BCUT2D eigenvalue weighted by atomic mass is 10.1. The maximum Gasteiger partial charge on any atom is 0.261 e. The number of Topliss-reactive ketones (excluding diaryl/α,β-unsaturated/α-hetero) is 1. The number of carbonyl (C=O) groups is 3. The molecule has 4 heteroatoms. The third-order valence-electron chi connectivity index (χ3n) is 3.12. The van der Waals surface area contributed by atoms with Crippen LogP contribution in [0.25, 0.3) is 0 Å². The average molecular weight is 243 g/mol. The number of amides is 2. The highest BCUT2D eigenvalue weighted by atomic mass is 16.2. The maximum atomic E-state index is 12.0. The minimum atomic E-state index is -0.321. The first-order valence-corrected chi connectivity index (χ1v) is 5.60. The quantitative estimate of drug-likeness (QED) is 0.590. The smallest absolute Gasteiger partial charge is 0.261 e. The van der Waals surface area contributed by atoms with Crippen molar-refractivity contribution < 1.29 is 14.4 Å². The Hall–Kier alpha value is -2.23. The van der Waals surface area contributed by atoms with Crippen molar-refractivity contribution in [3.8, 4) is 0 Å². The lowest BCUT2D eigenvalue weighted by Crippen LogP contribution is -2.31. The van der Waals surface area contributed by atoms with E-state index in [1.54, 1.807) is 38.1 Å². The van der Waals surface area contributed by atoms with Gasteiger partial charge in [-0.05, 0) is 32.9 Å². The second kappa shape index (κ2) is 4.22. The van der Waals surface area contributed by atoms with Crippen LogP contribution in [0.3, 0.4) is 0 Å². The molecule has 1 aliphatic rings. The number of imide groups is 1. The normalized spacial score (nSPS) is 15.6. The molecule has 0 atom stereocenters. The number of hydrogen-bond acceptors (Lipinski definition) is 3. The van der Waals surface area contributed by atoms with E-state index < -0.39 is 0 Å². The number of ketones is 1. The third kappa shape index (κ3) is 1.76. The Kier molecular flexibility index (Phi) is 2.87. The number of anilines is 1. The van der Waals surface area contributed by atoms with Crippen molar-refractivity contribution in [3.63, 3.8) is 0 Å². The van der Waals surface area contributed by atoms with Crippen LogP contribution in [0, 0.1) is 0 Å². The van der Waals surface area contributed by atoms with Gasteiger partial charge in [0.15, 0.2) is 5.78 Å². The second-order valence-electron chi connectivity index (χ2n) is 4.30. The molecule has 18 heavy (non-hydrogen) atoms. The van der Waals surface area contributed by atoms with E-state index in [0.717, 1.165) is 4.90 Å². The van der Waals surface area contributed by atoms with E-state index in [2.05, 4.69) is 0 Å². The fraction of sp³-hybridized carbons (Fsp3) is 0.214. The number of carbonyl (C=O) groups excluding carboxylic acids is 3. The molecule has 4 nitrogen and oxygen atoms in total. The van der Waals surface area contributed by atoms with Crippen LogP contribution in [-0.2, 0) is 9.59 Å². The highest BCUT2D eigenvalue weighted by molar-refractivity contribution is 6.32. The van der Waals surface area contributed by atoms with Crippen molar-refractivity contribution in [1.29, 1.82) is 0 Å². The van der Waals surface area contributed by atoms with Gasteiger partial charge < -0.3 is 0 Å². The predicted molar refractivity (Wildman–Crippen MR) is 67.3 cm³/mol. The van der Waals surface area contributed by atoms with E-state index in [1.807, 2.05) is 0 Å². The van der Waals surface area contributed by atoms with Crippen molar-refractivity contribution in [2.24, 2.45) is 0 Å².